The Balaban J connectivity index is 3.24. The van der Waals surface area contributed by atoms with Crippen molar-refractivity contribution in [3.63, 3.8) is 0 Å². The van der Waals surface area contributed by atoms with Gasteiger partial charge in [-0.05, 0) is 0 Å². The fourth-order valence-electron chi connectivity index (χ4n) is 0.715. The highest BCUT2D eigenvalue weighted by Gasteiger charge is 2.07. The molecule has 0 aliphatic heterocycles. The van der Waals surface area contributed by atoms with Crippen LogP contribution in [0.15, 0.2) is 20.9 Å². The number of hydrogen-bond acceptors (Lipinski definition) is 5. The summed E-state index contributed by atoms with van der Waals surface area (Å²) in [6.07, 6.45) is 1.51. The number of oxime groups is 1. The Morgan fingerprint density at radius 3 is 2.77 bits per heavy atom. The Bertz CT molecular complexity index is 455. The summed E-state index contributed by atoms with van der Waals surface area (Å²) in [5.41, 5.74) is -1.83. The number of carbonyl (C=O) groups excluding carboxylic acids is 1. The van der Waals surface area contributed by atoms with Gasteiger partial charge < -0.3 is 10.2 Å². The average Bonchev–Trinajstić information content (AvgIpc) is 2.04. The number of carbonyl (C=O) groups is 1. The van der Waals surface area contributed by atoms with E-state index in [2.05, 4.69) is 10.1 Å². The SMILES string of the molecule is O=C(/C=N/O)c1c[nH]c(=O)[nH]c1=O. The van der Waals surface area contributed by atoms with Gasteiger partial charge in [0.25, 0.3) is 5.56 Å². The molecule has 68 valence electrons. The van der Waals surface area contributed by atoms with Crippen molar-refractivity contribution in [2.45, 2.75) is 0 Å². The van der Waals surface area contributed by atoms with E-state index >= 15 is 0 Å². The highest BCUT2D eigenvalue weighted by Crippen LogP contribution is 1.84. The molecule has 0 atom stereocenters. The molecular formula is C6H5N3O4. The van der Waals surface area contributed by atoms with Crippen molar-refractivity contribution < 1.29 is 10.0 Å². The number of hydrogen-bond donors (Lipinski definition) is 3. The number of H-pyrrole nitrogens is 2. The molecule has 0 bridgehead atoms. The number of aromatic amines is 2. The number of nitrogens with zero attached hydrogens (tertiary/aromatic N) is 1. The van der Waals surface area contributed by atoms with Crippen LogP contribution in [-0.2, 0) is 0 Å². The first kappa shape index (κ1) is 8.91. The predicted octanol–water partition coefficient (Wildman–Crippen LogP) is -1.29. The number of Topliss-reactive ketones (excluding diaryl/α,β-unsaturated/α-hetero) is 1. The second kappa shape index (κ2) is 3.48. The standard InChI is InChI=1S/C6H5N3O4/c10-4(2-8-13)3-1-7-6(12)9-5(3)11/h1-2,13H,(H2,7,9,11,12)/b8-2+. The molecule has 0 fully saturated rings. The first-order chi connectivity index (χ1) is 6.15. The van der Waals surface area contributed by atoms with Crippen LogP contribution < -0.4 is 11.2 Å². The van der Waals surface area contributed by atoms with Gasteiger partial charge in [-0.25, -0.2) is 4.79 Å². The summed E-state index contributed by atoms with van der Waals surface area (Å²) in [6, 6.07) is 0. The maximum Gasteiger partial charge on any atom is 0.325 e. The predicted molar refractivity (Wildman–Crippen MR) is 42.3 cm³/mol. The minimum atomic E-state index is -0.825. The molecule has 1 heterocycles. The number of ketones is 1. The van der Waals surface area contributed by atoms with Gasteiger partial charge in [0.05, 0.1) is 0 Å². The van der Waals surface area contributed by atoms with E-state index in [4.69, 9.17) is 5.21 Å². The third kappa shape index (κ3) is 1.89. The van der Waals surface area contributed by atoms with E-state index in [1.165, 1.54) is 0 Å². The van der Waals surface area contributed by atoms with Crippen LogP contribution in [0.25, 0.3) is 0 Å². The fraction of sp³-hybridized carbons (Fsp3) is 0. The van der Waals surface area contributed by atoms with Gasteiger partial charge >= 0.3 is 5.69 Å². The molecule has 1 aromatic heterocycles. The van der Waals surface area contributed by atoms with Gasteiger partial charge in [0.1, 0.15) is 11.8 Å². The van der Waals surface area contributed by atoms with E-state index in [0.717, 1.165) is 6.20 Å². The van der Waals surface area contributed by atoms with Crippen LogP contribution in [-0.4, -0.2) is 27.2 Å². The van der Waals surface area contributed by atoms with E-state index in [0.29, 0.717) is 6.21 Å². The molecule has 7 heteroatoms. The Morgan fingerprint density at radius 1 is 1.54 bits per heavy atom. The molecule has 0 amide bonds. The zero-order chi connectivity index (χ0) is 9.84. The van der Waals surface area contributed by atoms with E-state index < -0.39 is 17.0 Å². The highest BCUT2D eigenvalue weighted by molar-refractivity contribution is 6.34. The van der Waals surface area contributed by atoms with Crippen molar-refractivity contribution >= 4 is 12.0 Å². The quantitative estimate of drug-likeness (QED) is 0.229. The zero-order valence-electron chi connectivity index (χ0n) is 6.27. The molecule has 0 aliphatic carbocycles. The molecule has 0 spiro atoms. The third-order valence-electron chi connectivity index (χ3n) is 1.26. The first-order valence-corrected chi connectivity index (χ1v) is 3.19. The third-order valence-corrected chi connectivity index (χ3v) is 1.26. The van der Waals surface area contributed by atoms with Crippen LogP contribution in [0, 0.1) is 0 Å². The summed E-state index contributed by atoms with van der Waals surface area (Å²) >= 11 is 0. The van der Waals surface area contributed by atoms with E-state index in [-0.39, 0.29) is 5.56 Å². The van der Waals surface area contributed by atoms with Gasteiger partial charge in [-0.1, -0.05) is 5.16 Å². The second-order valence-corrected chi connectivity index (χ2v) is 2.09. The molecule has 0 aliphatic rings. The van der Waals surface area contributed by atoms with Crippen LogP contribution in [0.3, 0.4) is 0 Å². The molecule has 3 N–H and O–H groups in total. The topological polar surface area (TPSA) is 115 Å². The minimum absolute atomic E-state index is 0.294. The molecular weight excluding hydrogens is 178 g/mol. The summed E-state index contributed by atoms with van der Waals surface area (Å²) in [7, 11) is 0. The fourth-order valence-corrected chi connectivity index (χ4v) is 0.715. The van der Waals surface area contributed by atoms with Crippen molar-refractivity contribution in [3.8, 4) is 0 Å². The van der Waals surface area contributed by atoms with Crippen molar-refractivity contribution in [1.29, 1.82) is 0 Å². The molecule has 0 saturated heterocycles. The van der Waals surface area contributed by atoms with Crippen LogP contribution in [0.2, 0.25) is 0 Å². The maximum absolute atomic E-state index is 10.9. The molecule has 0 unspecified atom stereocenters. The summed E-state index contributed by atoms with van der Waals surface area (Å²) in [6.45, 7) is 0. The second-order valence-electron chi connectivity index (χ2n) is 2.09. The molecule has 0 aromatic carbocycles. The lowest BCUT2D eigenvalue weighted by atomic mass is 10.2. The lowest BCUT2D eigenvalue weighted by molar-refractivity contribution is 0.106. The summed E-state index contributed by atoms with van der Waals surface area (Å²) < 4.78 is 0. The molecule has 7 nitrogen and oxygen atoms in total. The molecule has 0 radical (unpaired) electrons. The lowest BCUT2D eigenvalue weighted by Gasteiger charge is -1.90. The van der Waals surface area contributed by atoms with Gasteiger partial charge in [-0.15, -0.1) is 0 Å². The summed E-state index contributed by atoms with van der Waals surface area (Å²) in [5.74, 6) is -0.792. The van der Waals surface area contributed by atoms with Gasteiger partial charge in [0.15, 0.2) is 0 Å². The Kier molecular flexibility index (Phi) is 2.38. The number of rotatable bonds is 2. The summed E-state index contributed by atoms with van der Waals surface area (Å²) in [5, 5.41) is 10.5. The van der Waals surface area contributed by atoms with E-state index in [9.17, 15) is 14.4 Å². The van der Waals surface area contributed by atoms with Crippen molar-refractivity contribution in [1.82, 2.24) is 9.97 Å². The number of aromatic nitrogens is 2. The Morgan fingerprint density at radius 2 is 2.23 bits per heavy atom. The van der Waals surface area contributed by atoms with Crippen molar-refractivity contribution in [2.24, 2.45) is 5.16 Å². The normalized spacial score (nSPS) is 10.5. The lowest BCUT2D eigenvalue weighted by Crippen LogP contribution is -2.27. The van der Waals surface area contributed by atoms with Gasteiger partial charge in [0.2, 0.25) is 5.78 Å². The van der Waals surface area contributed by atoms with Crippen LogP contribution in [0.5, 0.6) is 0 Å². The molecule has 1 aromatic rings. The average molecular weight is 183 g/mol. The van der Waals surface area contributed by atoms with Gasteiger partial charge in [0, 0.05) is 6.20 Å². The smallest absolute Gasteiger partial charge is 0.325 e. The van der Waals surface area contributed by atoms with Crippen LogP contribution in [0.1, 0.15) is 10.4 Å². The summed E-state index contributed by atoms with van der Waals surface area (Å²) in [4.78, 5) is 36.3. The van der Waals surface area contributed by atoms with Crippen LogP contribution >= 0.6 is 0 Å². The van der Waals surface area contributed by atoms with E-state index in [1.807, 2.05) is 4.98 Å². The molecule has 1 rings (SSSR count). The van der Waals surface area contributed by atoms with Crippen LogP contribution in [0.4, 0.5) is 0 Å². The Labute approximate surface area is 70.7 Å². The highest BCUT2D eigenvalue weighted by atomic mass is 16.4. The molecule has 13 heavy (non-hydrogen) atoms. The zero-order valence-corrected chi connectivity index (χ0v) is 6.27. The number of nitrogens with one attached hydrogen (secondary N) is 2. The largest absolute Gasteiger partial charge is 0.411 e. The Hall–Kier alpha value is -2.18. The first-order valence-electron chi connectivity index (χ1n) is 3.19. The minimum Gasteiger partial charge on any atom is -0.411 e. The monoisotopic (exact) mass is 183 g/mol. The van der Waals surface area contributed by atoms with Gasteiger partial charge in [-0.2, -0.15) is 0 Å². The van der Waals surface area contributed by atoms with Crippen molar-refractivity contribution in [3.05, 3.63) is 32.6 Å². The molecule has 0 saturated carbocycles. The van der Waals surface area contributed by atoms with E-state index in [1.54, 1.807) is 0 Å². The maximum atomic E-state index is 10.9. The van der Waals surface area contributed by atoms with Crippen molar-refractivity contribution in [2.75, 3.05) is 0 Å². The van der Waals surface area contributed by atoms with Gasteiger partial charge in [-0.3, -0.25) is 14.6 Å².